The summed E-state index contributed by atoms with van der Waals surface area (Å²) in [4.78, 5) is 25.3. The van der Waals surface area contributed by atoms with Crippen LogP contribution in [-0.4, -0.2) is 52.7 Å². The number of ether oxygens (including phenoxy) is 1. The fourth-order valence-corrected chi connectivity index (χ4v) is 3.01. The Morgan fingerprint density at radius 3 is 2.44 bits per heavy atom. The minimum atomic E-state index is -1.01. The van der Waals surface area contributed by atoms with Crippen LogP contribution in [0.15, 0.2) is 24.3 Å². The molecule has 2 N–H and O–H groups in total. The second-order valence-electron chi connectivity index (χ2n) is 6.82. The zero-order valence-electron chi connectivity index (χ0n) is 14.8. The predicted molar refractivity (Wildman–Crippen MR) is 96.0 cm³/mol. The molecule has 0 aliphatic heterocycles. The average Bonchev–Trinajstić information content (AvgIpc) is 2.50. The third-order valence-electron chi connectivity index (χ3n) is 4.44. The van der Waals surface area contributed by atoms with Crippen molar-refractivity contribution in [2.75, 3.05) is 13.1 Å². The van der Waals surface area contributed by atoms with E-state index in [0.29, 0.717) is 17.3 Å². The Hall–Kier alpha value is -1.79. The van der Waals surface area contributed by atoms with Crippen molar-refractivity contribution >= 4 is 23.5 Å². The molecule has 0 saturated heterocycles. The minimum Gasteiger partial charge on any atom is -0.480 e. The molecule has 1 aromatic carbocycles. The fraction of sp³-hybridized carbons (Fsp3) is 0.556. The van der Waals surface area contributed by atoms with Gasteiger partial charge in [-0.25, -0.2) is 0 Å². The largest absolute Gasteiger partial charge is 0.480 e. The Morgan fingerprint density at radius 2 is 1.92 bits per heavy atom. The van der Waals surface area contributed by atoms with Crippen LogP contribution in [0.1, 0.15) is 33.6 Å². The Kier molecular flexibility index (Phi) is 6.30. The van der Waals surface area contributed by atoms with Crippen LogP contribution in [0.25, 0.3) is 0 Å². The van der Waals surface area contributed by atoms with E-state index in [2.05, 4.69) is 5.32 Å². The second kappa shape index (κ2) is 8.06. The number of halogens is 1. The molecule has 0 heterocycles. The van der Waals surface area contributed by atoms with Crippen molar-refractivity contribution in [3.8, 4) is 5.75 Å². The molecule has 2 rings (SSSR count). The maximum Gasteiger partial charge on any atom is 0.317 e. The summed E-state index contributed by atoms with van der Waals surface area (Å²) in [6.45, 7) is 6.10. The number of carbonyl (C=O) groups excluding carboxylic acids is 1. The van der Waals surface area contributed by atoms with Crippen LogP contribution in [-0.2, 0) is 9.59 Å². The van der Waals surface area contributed by atoms with Gasteiger partial charge in [-0.3, -0.25) is 14.5 Å². The highest BCUT2D eigenvalue weighted by atomic mass is 35.5. The molecule has 1 saturated carbocycles. The van der Waals surface area contributed by atoms with E-state index in [9.17, 15) is 9.59 Å². The van der Waals surface area contributed by atoms with Crippen LogP contribution in [0.5, 0.6) is 5.75 Å². The Labute approximate surface area is 153 Å². The lowest BCUT2D eigenvalue weighted by Gasteiger charge is -2.43. The standard InChI is InChI=1S/C18H25ClN2O4/c1-4-21(11-16(22)23)14-9-13(10-14)20-17(24)18(2,3)25-15-7-5-12(19)6-8-15/h5-8,13-14H,4,9-11H2,1-3H3,(H,20,24)(H,22,23). The number of benzene rings is 1. The maximum absolute atomic E-state index is 12.5. The molecule has 0 unspecified atom stereocenters. The van der Waals surface area contributed by atoms with Crippen molar-refractivity contribution in [3.05, 3.63) is 29.3 Å². The number of carbonyl (C=O) groups is 2. The highest BCUT2D eigenvalue weighted by molar-refractivity contribution is 6.30. The smallest absolute Gasteiger partial charge is 0.317 e. The zero-order valence-corrected chi connectivity index (χ0v) is 15.5. The van der Waals surface area contributed by atoms with E-state index in [-0.39, 0.29) is 24.5 Å². The summed E-state index contributed by atoms with van der Waals surface area (Å²) in [5.74, 6) is -0.436. The first kappa shape index (κ1) is 19.5. The Bertz CT molecular complexity index is 612. The molecule has 0 aromatic heterocycles. The van der Waals surface area contributed by atoms with Gasteiger partial charge < -0.3 is 15.2 Å². The van der Waals surface area contributed by atoms with E-state index in [4.69, 9.17) is 21.4 Å². The molecule has 1 aliphatic carbocycles. The van der Waals surface area contributed by atoms with Crippen molar-refractivity contribution in [1.82, 2.24) is 10.2 Å². The SMILES string of the molecule is CCN(CC(=O)O)C1CC(NC(=O)C(C)(C)Oc2ccc(Cl)cc2)C1. The molecule has 1 amide bonds. The molecule has 138 valence electrons. The van der Waals surface area contributed by atoms with Gasteiger partial charge in [-0.15, -0.1) is 0 Å². The highest BCUT2D eigenvalue weighted by Crippen LogP contribution is 2.27. The zero-order chi connectivity index (χ0) is 18.6. The first-order valence-corrected chi connectivity index (χ1v) is 8.80. The van der Waals surface area contributed by atoms with Gasteiger partial charge in [0.1, 0.15) is 5.75 Å². The number of amides is 1. The summed E-state index contributed by atoms with van der Waals surface area (Å²) in [5, 5.41) is 12.5. The lowest BCUT2D eigenvalue weighted by Crippen LogP contribution is -2.58. The first-order chi connectivity index (χ1) is 11.7. The molecule has 6 nitrogen and oxygen atoms in total. The summed E-state index contributed by atoms with van der Waals surface area (Å²) in [5.41, 5.74) is -1.01. The number of carboxylic acids is 1. The molecule has 0 radical (unpaired) electrons. The molecular weight excluding hydrogens is 344 g/mol. The van der Waals surface area contributed by atoms with E-state index in [1.807, 2.05) is 11.8 Å². The van der Waals surface area contributed by atoms with Crippen molar-refractivity contribution in [2.45, 2.75) is 51.3 Å². The van der Waals surface area contributed by atoms with E-state index >= 15 is 0 Å². The molecule has 1 fully saturated rings. The van der Waals surface area contributed by atoms with Gasteiger partial charge in [-0.1, -0.05) is 18.5 Å². The summed E-state index contributed by atoms with van der Waals surface area (Å²) in [6.07, 6.45) is 1.51. The quantitative estimate of drug-likeness (QED) is 0.737. The molecule has 1 aliphatic rings. The van der Waals surface area contributed by atoms with Crippen LogP contribution in [0, 0.1) is 0 Å². The minimum absolute atomic E-state index is 0.0347. The first-order valence-electron chi connectivity index (χ1n) is 8.42. The van der Waals surface area contributed by atoms with Crippen molar-refractivity contribution in [1.29, 1.82) is 0 Å². The van der Waals surface area contributed by atoms with Crippen LogP contribution in [0.4, 0.5) is 0 Å². The van der Waals surface area contributed by atoms with Crippen molar-refractivity contribution < 1.29 is 19.4 Å². The average molecular weight is 369 g/mol. The molecule has 1 aromatic rings. The van der Waals surface area contributed by atoms with E-state index in [0.717, 1.165) is 12.8 Å². The molecule has 0 bridgehead atoms. The lowest BCUT2D eigenvalue weighted by molar-refractivity contribution is -0.140. The third kappa shape index (κ3) is 5.34. The van der Waals surface area contributed by atoms with E-state index in [1.54, 1.807) is 38.1 Å². The number of nitrogens with one attached hydrogen (secondary N) is 1. The van der Waals surface area contributed by atoms with Crippen molar-refractivity contribution in [2.24, 2.45) is 0 Å². The summed E-state index contributed by atoms with van der Waals surface area (Å²) < 4.78 is 5.78. The molecule has 7 heteroatoms. The number of hydrogen-bond donors (Lipinski definition) is 2. The fourth-order valence-electron chi connectivity index (χ4n) is 2.88. The molecule has 0 spiro atoms. The number of nitrogens with zero attached hydrogens (tertiary/aromatic N) is 1. The van der Waals surface area contributed by atoms with Crippen LogP contribution in [0.3, 0.4) is 0 Å². The predicted octanol–water partition coefficient (Wildman–Crippen LogP) is 2.55. The van der Waals surface area contributed by atoms with Crippen LogP contribution < -0.4 is 10.1 Å². The summed E-state index contributed by atoms with van der Waals surface area (Å²) in [6, 6.07) is 7.12. The molecular formula is C18H25ClN2O4. The Balaban J connectivity index is 1.83. The molecule has 0 atom stereocenters. The maximum atomic E-state index is 12.5. The number of carboxylic acid groups (broad SMARTS) is 1. The van der Waals surface area contributed by atoms with Gasteiger partial charge in [0.25, 0.3) is 5.91 Å². The van der Waals surface area contributed by atoms with Gasteiger partial charge in [0.2, 0.25) is 0 Å². The number of hydrogen-bond acceptors (Lipinski definition) is 4. The Morgan fingerprint density at radius 1 is 1.32 bits per heavy atom. The molecule has 25 heavy (non-hydrogen) atoms. The lowest BCUT2D eigenvalue weighted by atomic mass is 9.85. The van der Waals surface area contributed by atoms with Gasteiger partial charge in [-0.05, 0) is 57.5 Å². The number of aliphatic carboxylic acids is 1. The van der Waals surface area contributed by atoms with Gasteiger partial charge in [0.15, 0.2) is 5.60 Å². The second-order valence-corrected chi connectivity index (χ2v) is 7.26. The van der Waals surface area contributed by atoms with Crippen LogP contribution >= 0.6 is 11.6 Å². The van der Waals surface area contributed by atoms with Gasteiger partial charge in [-0.2, -0.15) is 0 Å². The topological polar surface area (TPSA) is 78.9 Å². The number of rotatable bonds is 8. The van der Waals surface area contributed by atoms with Crippen LogP contribution in [0.2, 0.25) is 5.02 Å². The van der Waals surface area contributed by atoms with Gasteiger partial charge >= 0.3 is 5.97 Å². The normalized spacial score (nSPS) is 20.0. The highest BCUT2D eigenvalue weighted by Gasteiger charge is 2.38. The van der Waals surface area contributed by atoms with E-state index < -0.39 is 11.6 Å². The monoisotopic (exact) mass is 368 g/mol. The summed E-state index contributed by atoms with van der Waals surface area (Å²) in [7, 11) is 0. The summed E-state index contributed by atoms with van der Waals surface area (Å²) >= 11 is 5.85. The van der Waals surface area contributed by atoms with E-state index in [1.165, 1.54) is 0 Å². The van der Waals surface area contributed by atoms with Gasteiger partial charge in [0, 0.05) is 17.1 Å². The third-order valence-corrected chi connectivity index (χ3v) is 4.69. The van der Waals surface area contributed by atoms with Crippen molar-refractivity contribution in [3.63, 3.8) is 0 Å². The van der Waals surface area contributed by atoms with Gasteiger partial charge in [0.05, 0.1) is 6.54 Å². The number of likely N-dealkylation sites (N-methyl/N-ethyl adjacent to an activating group) is 1.